The van der Waals surface area contributed by atoms with Crippen LogP contribution in [0.15, 0.2) is 33.1 Å². The SMILES string of the molecule is COc1ccc2c(=O)cc(SC3NN=[C+]N3C)[nH]c2c1Cl. The zero-order chi connectivity index (χ0) is 15.0. The Morgan fingerprint density at radius 3 is 3.00 bits per heavy atom. The van der Waals surface area contributed by atoms with Crippen molar-refractivity contribution in [1.82, 2.24) is 15.3 Å². The number of H-pyrrole nitrogens is 1. The Morgan fingerprint density at radius 1 is 1.52 bits per heavy atom. The van der Waals surface area contributed by atoms with E-state index in [1.165, 1.54) is 18.9 Å². The molecule has 0 bridgehead atoms. The number of hydrogen-bond donors (Lipinski definition) is 2. The number of nitrogens with zero attached hydrogens (tertiary/aromatic N) is 2. The van der Waals surface area contributed by atoms with Crippen LogP contribution in [-0.2, 0) is 0 Å². The quantitative estimate of drug-likeness (QED) is 0.845. The van der Waals surface area contributed by atoms with Gasteiger partial charge < -0.3 is 9.72 Å². The molecule has 1 aromatic carbocycles. The summed E-state index contributed by atoms with van der Waals surface area (Å²) in [5.74, 6) is 0.523. The first-order chi connectivity index (χ1) is 10.1. The summed E-state index contributed by atoms with van der Waals surface area (Å²) in [5.41, 5.74) is 3.23. The number of nitrogens with one attached hydrogen (secondary N) is 2. The third-order valence-electron chi connectivity index (χ3n) is 3.08. The van der Waals surface area contributed by atoms with Crippen molar-refractivity contribution >= 4 is 40.6 Å². The zero-order valence-electron chi connectivity index (χ0n) is 11.3. The maximum absolute atomic E-state index is 12.2. The average Bonchev–Trinajstić information content (AvgIpc) is 2.86. The molecular formula is C13H12ClN4O2S+. The lowest BCUT2D eigenvalue weighted by molar-refractivity contribution is 0.415. The molecule has 6 nitrogen and oxygen atoms in total. The van der Waals surface area contributed by atoms with Crippen LogP contribution in [-0.4, -0.2) is 35.9 Å². The molecule has 1 unspecified atom stereocenters. The third-order valence-corrected chi connectivity index (χ3v) is 4.57. The van der Waals surface area contributed by atoms with Crippen LogP contribution in [0.4, 0.5) is 0 Å². The van der Waals surface area contributed by atoms with Gasteiger partial charge in [0, 0.05) is 11.5 Å². The van der Waals surface area contributed by atoms with Crippen LogP contribution in [0.25, 0.3) is 10.9 Å². The smallest absolute Gasteiger partial charge is 0.495 e. The summed E-state index contributed by atoms with van der Waals surface area (Å²) in [6.45, 7) is 0. The van der Waals surface area contributed by atoms with E-state index in [1.807, 2.05) is 7.05 Å². The first-order valence-electron chi connectivity index (χ1n) is 6.10. The molecular weight excluding hydrogens is 312 g/mol. The van der Waals surface area contributed by atoms with Gasteiger partial charge in [-0.2, -0.15) is 0 Å². The van der Waals surface area contributed by atoms with Crippen LogP contribution in [0.5, 0.6) is 5.75 Å². The number of methoxy groups -OCH3 is 1. The standard InChI is InChI=1S/C13H11ClN4O2S/c1-18-6-15-17-13(18)21-10-5-8(19)7-3-4-9(20-2)11(14)12(7)16-10/h3-5,13,17H,1-2H3/p+1. The van der Waals surface area contributed by atoms with E-state index in [0.29, 0.717) is 26.7 Å². The number of benzene rings is 1. The molecule has 0 radical (unpaired) electrons. The van der Waals surface area contributed by atoms with Crippen LogP contribution in [0.3, 0.4) is 0 Å². The van der Waals surface area contributed by atoms with E-state index in [2.05, 4.69) is 21.8 Å². The predicted molar refractivity (Wildman–Crippen MR) is 84.1 cm³/mol. The Kier molecular flexibility index (Phi) is 3.63. The fourth-order valence-corrected chi connectivity index (χ4v) is 3.17. The summed E-state index contributed by atoms with van der Waals surface area (Å²) in [6.07, 6.45) is 2.76. The van der Waals surface area contributed by atoms with Crippen molar-refractivity contribution in [1.29, 1.82) is 0 Å². The summed E-state index contributed by atoms with van der Waals surface area (Å²) in [4.78, 5) is 17.2. The fourth-order valence-electron chi connectivity index (χ4n) is 1.99. The van der Waals surface area contributed by atoms with Gasteiger partial charge in [-0.05, 0) is 12.1 Å². The Hall–Kier alpha value is -1.95. The van der Waals surface area contributed by atoms with E-state index in [0.717, 1.165) is 0 Å². The molecule has 2 heterocycles. The lowest BCUT2D eigenvalue weighted by atomic mass is 10.2. The first-order valence-corrected chi connectivity index (χ1v) is 7.36. The van der Waals surface area contributed by atoms with Crippen LogP contribution in [0.2, 0.25) is 5.02 Å². The summed E-state index contributed by atoms with van der Waals surface area (Å²) in [7, 11) is 3.38. The summed E-state index contributed by atoms with van der Waals surface area (Å²) in [5, 5.41) is 5.45. The highest BCUT2D eigenvalue weighted by Gasteiger charge is 2.30. The van der Waals surface area contributed by atoms with E-state index in [4.69, 9.17) is 16.3 Å². The summed E-state index contributed by atoms with van der Waals surface area (Å²) >= 11 is 7.68. The summed E-state index contributed by atoms with van der Waals surface area (Å²) < 4.78 is 5.18. The van der Waals surface area contributed by atoms with Crippen molar-refractivity contribution in [2.75, 3.05) is 14.2 Å². The van der Waals surface area contributed by atoms with Crippen molar-refractivity contribution in [3.63, 3.8) is 0 Å². The van der Waals surface area contributed by atoms with Gasteiger partial charge in [0.25, 0.3) is 0 Å². The minimum absolute atomic E-state index is 0.0960. The Balaban J connectivity index is 2.05. The fraction of sp³-hybridized carbons (Fsp3) is 0.231. The second-order valence-corrected chi connectivity index (χ2v) is 5.92. The average molecular weight is 324 g/mol. The molecule has 2 N–H and O–H groups in total. The minimum atomic E-state index is -0.123. The predicted octanol–water partition coefficient (Wildman–Crippen LogP) is 1.92. The molecule has 1 aliphatic rings. The van der Waals surface area contributed by atoms with Crippen molar-refractivity contribution in [2.24, 2.45) is 5.10 Å². The largest absolute Gasteiger partial charge is 0.544 e. The highest BCUT2D eigenvalue weighted by atomic mass is 35.5. The number of fused-ring (bicyclic) bond motifs is 1. The van der Waals surface area contributed by atoms with Gasteiger partial charge >= 0.3 is 6.34 Å². The molecule has 2 aromatic rings. The number of ether oxygens (including phenoxy) is 1. The monoisotopic (exact) mass is 323 g/mol. The van der Waals surface area contributed by atoms with E-state index in [-0.39, 0.29) is 10.9 Å². The van der Waals surface area contributed by atoms with Gasteiger partial charge in [-0.3, -0.25) is 4.79 Å². The van der Waals surface area contributed by atoms with Gasteiger partial charge in [0.05, 0.1) is 24.7 Å². The van der Waals surface area contributed by atoms with Gasteiger partial charge in [-0.1, -0.05) is 23.4 Å². The van der Waals surface area contributed by atoms with Crippen molar-refractivity contribution < 1.29 is 4.74 Å². The Labute approximate surface area is 130 Å². The normalized spacial score (nSPS) is 16.9. The molecule has 1 atom stereocenters. The van der Waals surface area contributed by atoms with Gasteiger partial charge in [0.1, 0.15) is 15.9 Å². The number of hydrazone groups is 1. The topological polar surface area (TPSA) is 69.7 Å². The molecule has 0 saturated carbocycles. The van der Waals surface area contributed by atoms with Crippen LogP contribution < -0.4 is 15.6 Å². The molecule has 1 aromatic heterocycles. The molecule has 21 heavy (non-hydrogen) atoms. The van der Waals surface area contributed by atoms with Crippen molar-refractivity contribution in [3.8, 4) is 5.75 Å². The van der Waals surface area contributed by atoms with Gasteiger partial charge in [0.15, 0.2) is 5.43 Å². The van der Waals surface area contributed by atoms with Gasteiger partial charge in [0.2, 0.25) is 5.50 Å². The maximum atomic E-state index is 12.2. The maximum Gasteiger partial charge on any atom is 0.544 e. The number of aromatic amines is 1. The first kappa shape index (κ1) is 14.0. The minimum Gasteiger partial charge on any atom is -0.495 e. The lowest BCUT2D eigenvalue weighted by Gasteiger charge is -2.12. The number of thioether (sulfide) groups is 1. The Morgan fingerprint density at radius 2 is 2.33 bits per heavy atom. The number of pyridine rings is 1. The number of rotatable bonds is 3. The highest BCUT2D eigenvalue weighted by molar-refractivity contribution is 7.99. The van der Waals surface area contributed by atoms with Crippen molar-refractivity contribution in [3.05, 3.63) is 33.4 Å². The molecule has 0 fully saturated rings. The van der Waals surface area contributed by atoms with Crippen LogP contribution in [0, 0.1) is 0 Å². The van der Waals surface area contributed by atoms with Crippen LogP contribution in [0.1, 0.15) is 0 Å². The second kappa shape index (κ2) is 5.44. The molecule has 8 heteroatoms. The van der Waals surface area contributed by atoms with E-state index in [9.17, 15) is 4.79 Å². The van der Waals surface area contributed by atoms with Crippen LogP contribution >= 0.6 is 23.4 Å². The molecule has 0 saturated heterocycles. The molecule has 0 spiro atoms. The number of hydrogen-bond acceptors (Lipinski definition) is 6. The molecule has 108 valence electrons. The highest BCUT2D eigenvalue weighted by Crippen LogP contribution is 2.32. The number of aromatic nitrogens is 1. The van der Waals surface area contributed by atoms with E-state index in [1.54, 1.807) is 23.1 Å². The lowest BCUT2D eigenvalue weighted by Crippen LogP contribution is -2.30. The molecule has 1 aliphatic heterocycles. The number of halogens is 1. The van der Waals surface area contributed by atoms with Gasteiger partial charge in [-0.15, -0.1) is 4.90 Å². The molecule has 0 amide bonds. The third kappa shape index (κ3) is 2.51. The van der Waals surface area contributed by atoms with Crippen molar-refractivity contribution in [2.45, 2.75) is 10.5 Å². The molecule has 3 rings (SSSR count). The summed E-state index contributed by atoms with van der Waals surface area (Å²) in [6, 6.07) is 4.93. The van der Waals surface area contributed by atoms with Gasteiger partial charge in [-0.25, -0.2) is 5.43 Å². The Bertz CT molecular complexity index is 777. The second-order valence-electron chi connectivity index (χ2n) is 4.42. The van der Waals surface area contributed by atoms with E-state index >= 15 is 0 Å². The van der Waals surface area contributed by atoms with E-state index < -0.39 is 0 Å². The molecule has 0 aliphatic carbocycles. The zero-order valence-corrected chi connectivity index (χ0v) is 12.9.